The van der Waals surface area contributed by atoms with E-state index in [0.717, 1.165) is 37.9 Å². The first-order chi connectivity index (χ1) is 12.7. The summed E-state index contributed by atoms with van der Waals surface area (Å²) in [5, 5.41) is 0. The van der Waals surface area contributed by atoms with Gasteiger partial charge in [0.05, 0.1) is 6.10 Å². The third kappa shape index (κ3) is 4.38. The highest BCUT2D eigenvalue weighted by Crippen LogP contribution is 2.17. The first-order valence-electron chi connectivity index (χ1n) is 9.23. The van der Waals surface area contributed by atoms with Crippen LogP contribution in [0.5, 0.6) is 0 Å². The maximum Gasteiger partial charge on any atom is 0.261 e. The second-order valence-corrected chi connectivity index (χ2v) is 6.59. The van der Waals surface area contributed by atoms with Crippen LogP contribution in [0.4, 0.5) is 0 Å². The number of H-pyrrole nitrogens is 1. The molecule has 1 amide bonds. The molecular weight excluding hydrogens is 330 g/mol. The Morgan fingerprint density at radius 3 is 2.73 bits per heavy atom. The van der Waals surface area contributed by atoms with Gasteiger partial charge in [-0.2, -0.15) is 0 Å². The van der Waals surface area contributed by atoms with E-state index in [9.17, 15) is 9.59 Å². The van der Waals surface area contributed by atoms with Gasteiger partial charge in [-0.15, -0.1) is 0 Å². The van der Waals surface area contributed by atoms with Crippen LogP contribution in [0.2, 0.25) is 0 Å². The predicted molar refractivity (Wildman–Crippen MR) is 100 cm³/mol. The van der Waals surface area contributed by atoms with E-state index in [2.05, 4.69) is 9.97 Å². The van der Waals surface area contributed by atoms with Crippen molar-refractivity contribution in [2.24, 2.45) is 0 Å². The number of hydrogen-bond donors (Lipinski definition) is 1. The Morgan fingerprint density at radius 1 is 1.27 bits per heavy atom. The van der Waals surface area contributed by atoms with Gasteiger partial charge in [-0.05, 0) is 49.9 Å². The average Bonchev–Trinajstić information content (AvgIpc) is 2.68. The first kappa shape index (κ1) is 18.3. The lowest BCUT2D eigenvalue weighted by Crippen LogP contribution is -2.42. The second-order valence-electron chi connectivity index (χ2n) is 6.59. The van der Waals surface area contributed by atoms with Crippen molar-refractivity contribution in [3.63, 3.8) is 0 Å². The Bertz CT molecular complexity index is 782. The quantitative estimate of drug-likeness (QED) is 0.864. The van der Waals surface area contributed by atoms with Gasteiger partial charge in [-0.25, -0.2) is 0 Å². The van der Waals surface area contributed by atoms with Crippen molar-refractivity contribution in [3.8, 4) is 11.3 Å². The number of aromatic amines is 1. The fraction of sp³-hybridized carbons (Fsp3) is 0.450. The lowest BCUT2D eigenvalue weighted by molar-refractivity contribution is -0.00387. The molecule has 1 unspecified atom stereocenters. The second kappa shape index (κ2) is 8.76. The lowest BCUT2D eigenvalue weighted by Gasteiger charge is -2.29. The van der Waals surface area contributed by atoms with Crippen molar-refractivity contribution in [3.05, 3.63) is 52.6 Å². The number of carbonyl (C=O) groups excluding carboxylic acids is 1. The van der Waals surface area contributed by atoms with E-state index < -0.39 is 0 Å². The zero-order valence-electron chi connectivity index (χ0n) is 15.1. The minimum absolute atomic E-state index is 0.0643. The monoisotopic (exact) mass is 355 g/mol. The van der Waals surface area contributed by atoms with Gasteiger partial charge in [0, 0.05) is 43.3 Å². The highest BCUT2D eigenvalue weighted by Gasteiger charge is 2.23. The number of ether oxygens (including phenoxy) is 1. The first-order valence-corrected chi connectivity index (χ1v) is 9.23. The minimum atomic E-state index is -0.366. The molecule has 2 aromatic heterocycles. The van der Waals surface area contributed by atoms with Crippen LogP contribution < -0.4 is 5.56 Å². The summed E-state index contributed by atoms with van der Waals surface area (Å²) >= 11 is 0. The molecule has 2 aromatic rings. The number of nitrogens with one attached hydrogen (secondary N) is 1. The lowest BCUT2D eigenvalue weighted by atomic mass is 10.1. The highest BCUT2D eigenvalue weighted by molar-refractivity contribution is 5.94. The molecule has 1 aliphatic rings. The molecule has 1 N–H and O–H groups in total. The SMILES string of the molecule is CCCN(CC1CCCCO1)C(=O)c1ccc(-c2ccncc2)[nH]c1=O. The fourth-order valence-electron chi connectivity index (χ4n) is 3.26. The number of rotatable bonds is 6. The summed E-state index contributed by atoms with van der Waals surface area (Å²) in [7, 11) is 0. The molecule has 0 spiro atoms. The molecule has 0 radical (unpaired) electrons. The van der Waals surface area contributed by atoms with Gasteiger partial charge in [0.25, 0.3) is 11.5 Å². The van der Waals surface area contributed by atoms with Gasteiger partial charge >= 0.3 is 0 Å². The van der Waals surface area contributed by atoms with Gasteiger partial charge < -0.3 is 14.6 Å². The molecule has 1 atom stereocenters. The highest BCUT2D eigenvalue weighted by atomic mass is 16.5. The summed E-state index contributed by atoms with van der Waals surface area (Å²) in [4.78, 5) is 34.0. The number of hydrogen-bond acceptors (Lipinski definition) is 4. The smallest absolute Gasteiger partial charge is 0.261 e. The molecule has 0 bridgehead atoms. The van der Waals surface area contributed by atoms with Crippen LogP contribution in [-0.4, -0.2) is 46.6 Å². The molecule has 6 nitrogen and oxygen atoms in total. The molecule has 138 valence electrons. The molecule has 0 aromatic carbocycles. The van der Waals surface area contributed by atoms with E-state index in [1.54, 1.807) is 29.4 Å². The molecule has 26 heavy (non-hydrogen) atoms. The molecule has 3 rings (SSSR count). The standard InChI is InChI=1S/C20H25N3O3/c1-2-12-23(14-16-5-3-4-13-26-16)20(25)17-6-7-18(22-19(17)24)15-8-10-21-11-9-15/h6-11,16H,2-5,12-14H2,1H3,(H,22,24). The fourth-order valence-corrected chi connectivity index (χ4v) is 3.26. The molecule has 3 heterocycles. The predicted octanol–water partition coefficient (Wildman–Crippen LogP) is 2.86. The molecular formula is C20H25N3O3. The van der Waals surface area contributed by atoms with Gasteiger partial charge in [-0.3, -0.25) is 14.6 Å². The molecule has 0 aliphatic carbocycles. The number of pyridine rings is 2. The average molecular weight is 355 g/mol. The van der Waals surface area contributed by atoms with Gasteiger partial charge in [0.15, 0.2) is 0 Å². The summed E-state index contributed by atoms with van der Waals surface area (Å²) in [6.45, 7) is 3.93. The molecule has 1 aliphatic heterocycles. The minimum Gasteiger partial charge on any atom is -0.376 e. The van der Waals surface area contributed by atoms with Crippen molar-refractivity contribution < 1.29 is 9.53 Å². The number of carbonyl (C=O) groups is 1. The van der Waals surface area contributed by atoms with Crippen LogP contribution in [0, 0.1) is 0 Å². The summed E-state index contributed by atoms with van der Waals surface area (Å²) in [6, 6.07) is 7.01. The zero-order valence-corrected chi connectivity index (χ0v) is 15.1. The van der Waals surface area contributed by atoms with E-state index in [-0.39, 0.29) is 23.1 Å². The Balaban J connectivity index is 1.79. The summed E-state index contributed by atoms with van der Waals surface area (Å²) in [5.41, 5.74) is 1.34. The van der Waals surface area contributed by atoms with Crippen LogP contribution in [0.1, 0.15) is 43.0 Å². The maximum atomic E-state index is 12.9. The third-order valence-electron chi connectivity index (χ3n) is 4.61. The van der Waals surface area contributed by atoms with E-state index in [0.29, 0.717) is 18.8 Å². The molecule has 0 saturated carbocycles. The Hall–Kier alpha value is -2.47. The molecule has 6 heteroatoms. The summed E-state index contributed by atoms with van der Waals surface area (Å²) < 4.78 is 5.76. The van der Waals surface area contributed by atoms with Crippen LogP contribution in [0.3, 0.4) is 0 Å². The number of aromatic nitrogens is 2. The Kier molecular flexibility index (Phi) is 6.17. The van der Waals surface area contributed by atoms with Crippen molar-refractivity contribution in [1.29, 1.82) is 0 Å². The van der Waals surface area contributed by atoms with Crippen molar-refractivity contribution in [1.82, 2.24) is 14.9 Å². The van der Waals surface area contributed by atoms with Gasteiger partial charge in [0.2, 0.25) is 0 Å². The molecule has 1 fully saturated rings. The Labute approximate surface area is 153 Å². The van der Waals surface area contributed by atoms with E-state index in [1.165, 1.54) is 0 Å². The molecule has 1 saturated heterocycles. The number of amides is 1. The van der Waals surface area contributed by atoms with Crippen LogP contribution in [0.15, 0.2) is 41.5 Å². The van der Waals surface area contributed by atoms with Crippen LogP contribution in [0.25, 0.3) is 11.3 Å². The summed E-state index contributed by atoms with van der Waals surface area (Å²) in [6.07, 6.45) is 7.40. The van der Waals surface area contributed by atoms with Gasteiger partial charge in [0.1, 0.15) is 5.56 Å². The van der Waals surface area contributed by atoms with E-state index >= 15 is 0 Å². The zero-order chi connectivity index (χ0) is 18.4. The van der Waals surface area contributed by atoms with Crippen molar-refractivity contribution in [2.75, 3.05) is 19.7 Å². The van der Waals surface area contributed by atoms with Crippen LogP contribution >= 0.6 is 0 Å². The van der Waals surface area contributed by atoms with Gasteiger partial charge in [-0.1, -0.05) is 6.92 Å². The van der Waals surface area contributed by atoms with E-state index in [4.69, 9.17) is 4.74 Å². The maximum absolute atomic E-state index is 12.9. The number of nitrogens with zero attached hydrogens (tertiary/aromatic N) is 2. The van der Waals surface area contributed by atoms with Crippen molar-refractivity contribution >= 4 is 5.91 Å². The third-order valence-corrected chi connectivity index (χ3v) is 4.61. The summed E-state index contributed by atoms with van der Waals surface area (Å²) in [5.74, 6) is -0.233. The van der Waals surface area contributed by atoms with E-state index in [1.807, 2.05) is 19.1 Å². The Morgan fingerprint density at radius 2 is 2.08 bits per heavy atom. The van der Waals surface area contributed by atoms with Crippen LogP contribution in [-0.2, 0) is 4.74 Å². The topological polar surface area (TPSA) is 75.3 Å². The largest absolute Gasteiger partial charge is 0.376 e. The van der Waals surface area contributed by atoms with Crippen molar-refractivity contribution in [2.45, 2.75) is 38.7 Å². The normalized spacial score (nSPS) is 17.0.